The van der Waals surface area contributed by atoms with Crippen LogP contribution in [0.3, 0.4) is 0 Å². The third-order valence-corrected chi connectivity index (χ3v) is 5.72. The maximum Gasteiger partial charge on any atom is 0.337 e. The van der Waals surface area contributed by atoms with E-state index in [9.17, 15) is 9.59 Å². The third-order valence-electron chi connectivity index (χ3n) is 4.75. The van der Waals surface area contributed by atoms with E-state index in [4.69, 9.17) is 14.2 Å². The maximum atomic E-state index is 12.5. The van der Waals surface area contributed by atoms with Gasteiger partial charge in [-0.25, -0.2) is 4.79 Å². The number of benzene rings is 2. The summed E-state index contributed by atoms with van der Waals surface area (Å²) in [4.78, 5) is 24.2. The van der Waals surface area contributed by atoms with Crippen LogP contribution in [0.4, 0.5) is 5.69 Å². The minimum atomic E-state index is -0.470. The molecular formula is C23H22N4O5S. The predicted molar refractivity (Wildman–Crippen MR) is 123 cm³/mol. The molecule has 3 aromatic rings. The van der Waals surface area contributed by atoms with Gasteiger partial charge < -0.3 is 19.5 Å². The van der Waals surface area contributed by atoms with E-state index in [1.807, 2.05) is 28.8 Å². The van der Waals surface area contributed by atoms with Crippen molar-refractivity contribution < 1.29 is 23.8 Å². The Hall–Kier alpha value is -3.79. The Balaban J connectivity index is 1.43. The molecule has 0 spiro atoms. The molecule has 1 aromatic heterocycles. The molecule has 1 aliphatic heterocycles. The van der Waals surface area contributed by atoms with Crippen molar-refractivity contribution in [1.29, 1.82) is 0 Å². The summed E-state index contributed by atoms with van der Waals surface area (Å²) >= 11 is 1.24. The van der Waals surface area contributed by atoms with E-state index in [2.05, 4.69) is 22.1 Å². The standard InChI is InChI=1S/C23H22N4O5S/c1-3-11-27-21(19-13-31-17-9-4-5-10-18(17)32-19)25-26-23(27)33-14-20(28)24-16-8-6-7-15(12-16)22(29)30-2/h3-10,12,19H,1,11,13-14H2,2H3,(H,24,28). The second-order valence-corrected chi connectivity index (χ2v) is 7.96. The summed E-state index contributed by atoms with van der Waals surface area (Å²) in [5.41, 5.74) is 0.859. The lowest BCUT2D eigenvalue weighted by Crippen LogP contribution is -2.25. The molecule has 0 aliphatic carbocycles. The van der Waals surface area contributed by atoms with E-state index in [-0.39, 0.29) is 11.7 Å². The Kier molecular flexibility index (Phi) is 6.94. The first kappa shape index (κ1) is 22.4. The van der Waals surface area contributed by atoms with E-state index < -0.39 is 12.1 Å². The Morgan fingerprint density at radius 2 is 2.06 bits per heavy atom. The van der Waals surface area contributed by atoms with Gasteiger partial charge in [0.05, 0.1) is 18.4 Å². The van der Waals surface area contributed by atoms with Crippen molar-refractivity contribution >= 4 is 29.3 Å². The molecule has 0 saturated heterocycles. The van der Waals surface area contributed by atoms with Crippen LogP contribution in [0.15, 0.2) is 66.3 Å². The smallest absolute Gasteiger partial charge is 0.337 e. The number of nitrogens with one attached hydrogen (secondary N) is 1. The summed E-state index contributed by atoms with van der Waals surface area (Å²) < 4.78 is 18.4. The lowest BCUT2D eigenvalue weighted by atomic mass is 10.2. The van der Waals surface area contributed by atoms with Crippen LogP contribution in [0.1, 0.15) is 22.3 Å². The van der Waals surface area contributed by atoms with E-state index in [0.717, 1.165) is 0 Å². The molecule has 0 radical (unpaired) electrons. The monoisotopic (exact) mass is 466 g/mol. The second-order valence-electron chi connectivity index (χ2n) is 7.01. The van der Waals surface area contributed by atoms with Gasteiger partial charge in [0.1, 0.15) is 6.61 Å². The van der Waals surface area contributed by atoms with Crippen LogP contribution in [-0.2, 0) is 16.1 Å². The molecule has 1 N–H and O–H groups in total. The number of allylic oxidation sites excluding steroid dienone is 1. The highest BCUT2D eigenvalue weighted by atomic mass is 32.2. The number of nitrogens with zero attached hydrogens (tertiary/aromatic N) is 3. The molecular weight excluding hydrogens is 444 g/mol. The number of esters is 1. The number of para-hydroxylation sites is 2. The normalized spacial score (nSPS) is 14.4. The van der Waals surface area contributed by atoms with E-state index in [0.29, 0.717) is 46.9 Å². The number of carbonyl (C=O) groups excluding carboxylic acids is 2. The molecule has 1 atom stereocenters. The fourth-order valence-electron chi connectivity index (χ4n) is 3.26. The Morgan fingerprint density at radius 1 is 1.24 bits per heavy atom. The van der Waals surface area contributed by atoms with Crippen LogP contribution >= 0.6 is 11.8 Å². The van der Waals surface area contributed by atoms with Gasteiger partial charge >= 0.3 is 5.97 Å². The summed E-state index contributed by atoms with van der Waals surface area (Å²) in [5, 5.41) is 11.9. The van der Waals surface area contributed by atoms with Gasteiger partial charge in [0.15, 0.2) is 28.6 Å². The second kappa shape index (κ2) is 10.2. The molecule has 0 fully saturated rings. The summed E-state index contributed by atoms with van der Waals surface area (Å²) in [7, 11) is 1.31. The van der Waals surface area contributed by atoms with Gasteiger partial charge in [-0.05, 0) is 30.3 Å². The molecule has 1 unspecified atom stereocenters. The van der Waals surface area contributed by atoms with Crippen molar-refractivity contribution in [3.05, 3.63) is 72.6 Å². The number of rotatable bonds is 8. The highest BCUT2D eigenvalue weighted by Gasteiger charge is 2.28. The van der Waals surface area contributed by atoms with Crippen molar-refractivity contribution in [3.63, 3.8) is 0 Å². The molecule has 2 aromatic carbocycles. The average molecular weight is 467 g/mol. The fraction of sp³-hybridized carbons (Fsp3) is 0.217. The average Bonchev–Trinajstić information content (AvgIpc) is 3.24. The molecule has 0 saturated carbocycles. The summed E-state index contributed by atoms with van der Waals surface area (Å²) in [6.45, 7) is 4.56. The number of amides is 1. The van der Waals surface area contributed by atoms with Gasteiger partial charge in [-0.2, -0.15) is 0 Å². The first-order valence-corrected chi connectivity index (χ1v) is 11.1. The van der Waals surface area contributed by atoms with Gasteiger partial charge in [0.2, 0.25) is 5.91 Å². The highest BCUT2D eigenvalue weighted by molar-refractivity contribution is 7.99. The first-order valence-electron chi connectivity index (χ1n) is 10.1. The number of hydrogen-bond acceptors (Lipinski definition) is 8. The molecule has 1 aliphatic rings. The Morgan fingerprint density at radius 3 is 2.85 bits per heavy atom. The van der Waals surface area contributed by atoms with Crippen LogP contribution < -0.4 is 14.8 Å². The molecule has 2 heterocycles. The Labute approximate surface area is 194 Å². The molecule has 170 valence electrons. The summed E-state index contributed by atoms with van der Waals surface area (Å²) in [5.74, 6) is 1.31. The number of carbonyl (C=O) groups is 2. The van der Waals surface area contributed by atoms with Crippen LogP contribution in [0, 0.1) is 0 Å². The molecule has 1 amide bonds. The van der Waals surface area contributed by atoms with E-state index >= 15 is 0 Å². The van der Waals surface area contributed by atoms with Crippen molar-refractivity contribution in [2.45, 2.75) is 17.8 Å². The highest BCUT2D eigenvalue weighted by Crippen LogP contribution is 2.36. The molecule has 9 nitrogen and oxygen atoms in total. The fourth-order valence-corrected chi connectivity index (χ4v) is 4.02. The van der Waals surface area contributed by atoms with Gasteiger partial charge in [-0.15, -0.1) is 16.8 Å². The first-order chi connectivity index (χ1) is 16.1. The number of thioether (sulfide) groups is 1. The van der Waals surface area contributed by atoms with E-state index in [1.165, 1.54) is 18.9 Å². The zero-order valence-electron chi connectivity index (χ0n) is 17.9. The van der Waals surface area contributed by atoms with Gasteiger partial charge in [-0.1, -0.05) is 36.0 Å². The number of fused-ring (bicyclic) bond motifs is 1. The number of anilines is 1. The van der Waals surface area contributed by atoms with Crippen molar-refractivity contribution in [3.8, 4) is 11.5 Å². The number of hydrogen-bond donors (Lipinski definition) is 1. The number of ether oxygens (including phenoxy) is 3. The van der Waals surface area contributed by atoms with Gasteiger partial charge in [0, 0.05) is 12.2 Å². The van der Waals surface area contributed by atoms with Crippen LogP contribution in [0.25, 0.3) is 0 Å². The summed E-state index contributed by atoms with van der Waals surface area (Å²) in [6, 6.07) is 14.0. The predicted octanol–water partition coefficient (Wildman–Crippen LogP) is 3.49. The number of aromatic nitrogens is 3. The van der Waals surface area contributed by atoms with Gasteiger partial charge in [-0.3, -0.25) is 9.36 Å². The third kappa shape index (κ3) is 5.17. The quantitative estimate of drug-likeness (QED) is 0.306. The van der Waals surface area contributed by atoms with Crippen LogP contribution in [0.2, 0.25) is 0 Å². The minimum Gasteiger partial charge on any atom is -0.485 e. The van der Waals surface area contributed by atoms with E-state index in [1.54, 1.807) is 30.3 Å². The van der Waals surface area contributed by atoms with Crippen molar-refractivity contribution in [2.24, 2.45) is 0 Å². The largest absolute Gasteiger partial charge is 0.485 e. The zero-order valence-corrected chi connectivity index (χ0v) is 18.7. The van der Waals surface area contributed by atoms with Gasteiger partial charge in [0.25, 0.3) is 0 Å². The summed E-state index contributed by atoms with van der Waals surface area (Å²) in [6.07, 6.45) is 1.30. The minimum absolute atomic E-state index is 0.0998. The number of methoxy groups -OCH3 is 1. The van der Waals surface area contributed by atoms with Crippen LogP contribution in [-0.4, -0.2) is 46.1 Å². The molecule has 0 bridgehead atoms. The molecule has 4 rings (SSSR count). The Bertz CT molecular complexity index is 1180. The van der Waals surface area contributed by atoms with Crippen molar-refractivity contribution in [1.82, 2.24) is 14.8 Å². The topological polar surface area (TPSA) is 105 Å². The van der Waals surface area contributed by atoms with Crippen LogP contribution in [0.5, 0.6) is 11.5 Å². The SMILES string of the molecule is C=CCn1c(SCC(=O)Nc2cccc(C(=O)OC)c2)nnc1C1COc2ccccc2O1. The molecule has 33 heavy (non-hydrogen) atoms. The van der Waals surface area contributed by atoms with Crippen molar-refractivity contribution in [2.75, 3.05) is 24.8 Å². The lowest BCUT2D eigenvalue weighted by molar-refractivity contribution is -0.113. The lowest BCUT2D eigenvalue weighted by Gasteiger charge is -2.26. The zero-order chi connectivity index (χ0) is 23.2. The molecule has 10 heteroatoms. The maximum absolute atomic E-state index is 12.5.